The van der Waals surface area contributed by atoms with E-state index in [-0.39, 0.29) is 73.0 Å². The van der Waals surface area contributed by atoms with E-state index in [1.165, 1.54) is 0 Å². The van der Waals surface area contributed by atoms with Crippen LogP contribution >= 0.6 is 0 Å². The summed E-state index contributed by atoms with van der Waals surface area (Å²) in [6.07, 6.45) is 0. The van der Waals surface area contributed by atoms with Crippen molar-refractivity contribution >= 4 is 23.1 Å². The Morgan fingerprint density at radius 3 is 0.375 bits per heavy atom. The molecule has 0 aromatic carbocycles. The summed E-state index contributed by atoms with van der Waals surface area (Å²) in [5, 5.41) is 0. The standard InChI is InChI=1S/6FH.Mg.Ti/h6*1H;;/q;;;;;;+2;+4/p-6. The summed E-state index contributed by atoms with van der Waals surface area (Å²) in [7, 11) is 0. The molecule has 0 saturated heterocycles. The van der Waals surface area contributed by atoms with Crippen LogP contribution in [-0.4, -0.2) is 23.1 Å². The molecule has 0 unspecified atom stereocenters. The number of rotatable bonds is 0. The van der Waals surface area contributed by atoms with E-state index in [0.29, 0.717) is 0 Å². The summed E-state index contributed by atoms with van der Waals surface area (Å²) in [6.45, 7) is 0. The van der Waals surface area contributed by atoms with Gasteiger partial charge in [0.2, 0.25) is 0 Å². The Labute approximate surface area is 73.0 Å². The Hall–Kier alpha value is 1.06. The number of halogens is 6. The molecule has 0 nitrogen and oxygen atoms in total. The Morgan fingerprint density at radius 2 is 0.375 bits per heavy atom. The predicted octanol–water partition coefficient (Wildman–Crippen LogP) is -18.4. The second-order valence-corrected chi connectivity index (χ2v) is 0. The second-order valence-electron chi connectivity index (χ2n) is 0. The van der Waals surface area contributed by atoms with Crippen molar-refractivity contribution in [1.29, 1.82) is 0 Å². The Morgan fingerprint density at radius 1 is 0.375 bits per heavy atom. The van der Waals surface area contributed by atoms with Gasteiger partial charge < -0.3 is 28.2 Å². The molecule has 0 bridgehead atoms. The summed E-state index contributed by atoms with van der Waals surface area (Å²) >= 11 is 0. The molecule has 48 valence electrons. The molecule has 0 aromatic heterocycles. The van der Waals surface area contributed by atoms with Crippen LogP contribution in [0, 0.1) is 0 Å². The summed E-state index contributed by atoms with van der Waals surface area (Å²) in [5.41, 5.74) is 0. The fourth-order valence-electron chi connectivity index (χ4n) is 0. The molecule has 0 N–H and O–H groups in total. The maximum absolute atomic E-state index is 0. The van der Waals surface area contributed by atoms with Crippen molar-refractivity contribution in [3.63, 3.8) is 0 Å². The maximum Gasteiger partial charge on any atom is 4.00 e. The zero-order valence-electron chi connectivity index (χ0n) is 3.47. The van der Waals surface area contributed by atoms with E-state index in [4.69, 9.17) is 0 Å². The third-order valence-corrected chi connectivity index (χ3v) is 0. The Kier molecular flexibility index (Phi) is 23400. The summed E-state index contributed by atoms with van der Waals surface area (Å²) < 4.78 is 0. The van der Waals surface area contributed by atoms with E-state index in [2.05, 4.69) is 0 Å². The van der Waals surface area contributed by atoms with Gasteiger partial charge in [-0.2, -0.15) is 0 Å². The fraction of sp³-hybridized carbons (Fsp3) is 0. The van der Waals surface area contributed by atoms with Crippen LogP contribution in [0.1, 0.15) is 0 Å². The summed E-state index contributed by atoms with van der Waals surface area (Å²) in [6, 6.07) is 0. The van der Waals surface area contributed by atoms with Crippen molar-refractivity contribution in [2.24, 2.45) is 0 Å². The molecule has 0 radical (unpaired) electrons. The number of hydrogen-bond acceptors (Lipinski definition) is 0. The third-order valence-electron chi connectivity index (χ3n) is 0. The molecule has 0 aliphatic carbocycles. The van der Waals surface area contributed by atoms with Crippen LogP contribution in [0.4, 0.5) is 0 Å². The molecule has 0 heterocycles. The van der Waals surface area contributed by atoms with E-state index >= 15 is 0 Å². The molecule has 0 saturated carbocycles. The summed E-state index contributed by atoms with van der Waals surface area (Å²) in [4.78, 5) is 0. The van der Waals surface area contributed by atoms with Gasteiger partial charge in [-0.15, -0.1) is 0 Å². The van der Waals surface area contributed by atoms with Crippen LogP contribution in [0.15, 0.2) is 0 Å². The number of hydrogen-bond donors (Lipinski definition) is 0. The van der Waals surface area contributed by atoms with Gasteiger partial charge in [-0.05, 0) is 0 Å². The molecule has 0 atom stereocenters. The van der Waals surface area contributed by atoms with E-state index in [0.717, 1.165) is 0 Å². The minimum absolute atomic E-state index is 0. The van der Waals surface area contributed by atoms with Gasteiger partial charge in [0.25, 0.3) is 0 Å². The molecule has 8 heteroatoms. The van der Waals surface area contributed by atoms with Crippen molar-refractivity contribution in [2.45, 2.75) is 0 Å². The average molecular weight is 186 g/mol. The zero-order valence-corrected chi connectivity index (χ0v) is 6.45. The van der Waals surface area contributed by atoms with Gasteiger partial charge >= 0.3 is 44.8 Å². The molecule has 0 spiro atoms. The smallest absolute Gasteiger partial charge is 1.00 e. The van der Waals surface area contributed by atoms with Gasteiger partial charge in [0, 0.05) is 0 Å². The Bertz CT molecular complexity index is 8.49. The van der Waals surface area contributed by atoms with Crippen molar-refractivity contribution in [3.8, 4) is 0 Å². The first-order chi connectivity index (χ1) is 0. The monoisotopic (exact) mass is 186 g/mol. The van der Waals surface area contributed by atoms with Crippen molar-refractivity contribution in [2.75, 3.05) is 0 Å². The molecule has 0 rings (SSSR count). The minimum atomic E-state index is 0. The Balaban J connectivity index is 0. The van der Waals surface area contributed by atoms with Gasteiger partial charge in [-0.25, -0.2) is 0 Å². The molecule has 0 aliphatic heterocycles. The maximum atomic E-state index is 0. The molecule has 0 fully saturated rings. The van der Waals surface area contributed by atoms with Crippen molar-refractivity contribution in [1.82, 2.24) is 0 Å². The quantitative estimate of drug-likeness (QED) is 0.260. The molecule has 0 amide bonds. The van der Waals surface area contributed by atoms with Gasteiger partial charge in [-0.3, -0.25) is 0 Å². The van der Waals surface area contributed by atoms with Crippen molar-refractivity contribution in [3.05, 3.63) is 0 Å². The van der Waals surface area contributed by atoms with Gasteiger partial charge in [-0.1, -0.05) is 0 Å². The van der Waals surface area contributed by atoms with E-state index in [1.54, 1.807) is 0 Å². The third kappa shape index (κ3) is 231. The summed E-state index contributed by atoms with van der Waals surface area (Å²) in [5.74, 6) is 0. The van der Waals surface area contributed by atoms with E-state index in [1.807, 2.05) is 0 Å². The second kappa shape index (κ2) is 357. The van der Waals surface area contributed by atoms with Gasteiger partial charge in [0.05, 0.1) is 0 Å². The molecule has 0 aliphatic rings. The van der Waals surface area contributed by atoms with Crippen LogP contribution < -0.4 is 28.2 Å². The van der Waals surface area contributed by atoms with Gasteiger partial charge in [0.1, 0.15) is 0 Å². The van der Waals surface area contributed by atoms with Crippen LogP contribution in [0.25, 0.3) is 0 Å². The van der Waals surface area contributed by atoms with E-state index in [9.17, 15) is 0 Å². The molecule has 8 heavy (non-hydrogen) atoms. The van der Waals surface area contributed by atoms with Crippen molar-refractivity contribution < 1.29 is 49.9 Å². The molecule has 0 aromatic rings. The van der Waals surface area contributed by atoms with Gasteiger partial charge in [0.15, 0.2) is 0 Å². The normalized spacial score (nSPS) is 0. The van der Waals surface area contributed by atoms with Crippen LogP contribution in [-0.2, 0) is 21.7 Å². The van der Waals surface area contributed by atoms with Crippen LogP contribution in [0.3, 0.4) is 0 Å². The molecular formula is F6MgTi. The van der Waals surface area contributed by atoms with Crippen LogP contribution in [0.5, 0.6) is 0 Å². The van der Waals surface area contributed by atoms with E-state index < -0.39 is 0 Å². The molecular weight excluding hydrogens is 186 g/mol. The first-order valence-electron chi connectivity index (χ1n) is 0. The first-order valence-corrected chi connectivity index (χ1v) is 0. The average Bonchev–Trinajstić information content (AvgIpc) is 0. The SMILES string of the molecule is [F-].[F-].[F-].[F-].[F-].[F-].[Mg+2].[Ti+4]. The zero-order chi connectivity index (χ0) is 0. The fourth-order valence-corrected chi connectivity index (χ4v) is 0. The first kappa shape index (κ1) is 523. The predicted molar refractivity (Wildman–Crippen MR) is 5.75 cm³/mol. The largest absolute Gasteiger partial charge is 4.00 e. The topological polar surface area (TPSA) is 0 Å². The van der Waals surface area contributed by atoms with Crippen LogP contribution in [0.2, 0.25) is 0 Å². The minimum Gasteiger partial charge on any atom is -1.00 e.